The van der Waals surface area contributed by atoms with Crippen LogP contribution in [0.25, 0.3) is 0 Å². The molecule has 37 heavy (non-hydrogen) atoms. The summed E-state index contributed by atoms with van der Waals surface area (Å²) in [5.41, 5.74) is 6.24. The van der Waals surface area contributed by atoms with Crippen LogP contribution in [-0.2, 0) is 16.8 Å². The van der Waals surface area contributed by atoms with Crippen LogP contribution in [0.1, 0.15) is 153 Å². The molecular formula is C28H45Cl2MnN6. The van der Waals surface area contributed by atoms with Crippen molar-refractivity contribution in [3.63, 3.8) is 0 Å². The van der Waals surface area contributed by atoms with Gasteiger partial charge >= 0.3 is 237 Å². The Morgan fingerprint density at radius 3 is 0.919 bits per heavy atom. The van der Waals surface area contributed by atoms with Gasteiger partial charge in [-0.1, -0.05) is 0 Å². The summed E-state index contributed by atoms with van der Waals surface area (Å²) in [7, 11) is 14.6. The second-order valence-electron chi connectivity index (χ2n) is 11.9. The van der Waals surface area contributed by atoms with Crippen molar-refractivity contribution in [2.24, 2.45) is 0 Å². The molecule has 0 N–H and O–H groups in total. The minimum atomic E-state index is -2.27. The van der Waals surface area contributed by atoms with Gasteiger partial charge < -0.3 is 0 Å². The normalized spacial score (nSPS) is 13.5. The molecule has 0 bridgehead atoms. The van der Waals surface area contributed by atoms with Crippen LogP contribution in [0.15, 0.2) is 18.2 Å². The Kier molecular flexibility index (Phi) is 9.37. The summed E-state index contributed by atoms with van der Waals surface area (Å²) >= 11 is -2.27. The first kappa shape index (κ1) is 30.3. The van der Waals surface area contributed by atoms with Gasteiger partial charge in [0.05, 0.1) is 0 Å². The van der Waals surface area contributed by atoms with Gasteiger partial charge in [-0.3, -0.25) is 0 Å². The Hall–Kier alpha value is -1.27. The number of hydrogen-bond donors (Lipinski definition) is 0. The Morgan fingerprint density at radius 1 is 0.514 bits per heavy atom. The SMILES string of the molecule is CC(C)c1cc(C(C)C)n([C](n2nc(C(C)C)cc2C(C)C)(n2nc(C(C)C)cc2C(C)C)[Mn]([Cl])[Cl])n1. The van der Waals surface area contributed by atoms with Crippen molar-refractivity contribution in [2.75, 3.05) is 0 Å². The van der Waals surface area contributed by atoms with Crippen LogP contribution in [0.2, 0.25) is 0 Å². The van der Waals surface area contributed by atoms with Crippen molar-refractivity contribution in [1.29, 1.82) is 0 Å². The molecule has 9 heteroatoms. The molecule has 208 valence electrons. The Labute approximate surface area is 236 Å². The van der Waals surface area contributed by atoms with Gasteiger partial charge in [0.25, 0.3) is 0 Å². The molecule has 3 rings (SSSR count). The van der Waals surface area contributed by atoms with E-state index in [1.54, 1.807) is 0 Å². The van der Waals surface area contributed by atoms with Crippen molar-refractivity contribution in [3.05, 3.63) is 52.4 Å². The fourth-order valence-corrected chi connectivity index (χ4v) is 7.16. The predicted molar refractivity (Wildman–Crippen MR) is 152 cm³/mol. The molecule has 3 aromatic rings. The second kappa shape index (κ2) is 11.5. The molecule has 0 spiro atoms. The summed E-state index contributed by atoms with van der Waals surface area (Å²) in [6, 6.07) is 6.60. The van der Waals surface area contributed by atoms with Gasteiger partial charge in [-0.25, -0.2) is 0 Å². The van der Waals surface area contributed by atoms with E-state index < -0.39 is 16.8 Å². The molecule has 3 aromatic heterocycles. The fourth-order valence-electron chi connectivity index (χ4n) is 4.46. The summed E-state index contributed by atoms with van der Waals surface area (Å²) in [6.07, 6.45) is 0. The van der Waals surface area contributed by atoms with Crippen LogP contribution in [0.5, 0.6) is 0 Å². The number of aromatic nitrogens is 6. The molecule has 0 fully saturated rings. The third kappa shape index (κ3) is 5.44. The molecule has 0 saturated carbocycles. The summed E-state index contributed by atoms with van der Waals surface area (Å²) in [5, 5.41) is 15.7. The summed E-state index contributed by atoms with van der Waals surface area (Å²) < 4.78 is 5.05. The standard InChI is InChI=1S/C28H45N6.2ClH.Mn/c1-16(2)22-13-25(19(7)8)32(29-22)28(33-26(20(9)10)14-23(30-33)17(3)4)34-27(21(11)12)15-24(31-34)18(5)6;;;/h13-21H,1-12H3;2*1H;/q;;;+2/p-2. The monoisotopic (exact) mass is 590 g/mol. The van der Waals surface area contributed by atoms with E-state index >= 15 is 0 Å². The van der Waals surface area contributed by atoms with E-state index in [-0.39, 0.29) is 35.5 Å². The molecular weight excluding hydrogens is 546 g/mol. The van der Waals surface area contributed by atoms with Crippen LogP contribution in [0.3, 0.4) is 0 Å². The van der Waals surface area contributed by atoms with Crippen molar-refractivity contribution < 1.29 is 12.1 Å². The minimum absolute atomic E-state index is 0.194. The van der Waals surface area contributed by atoms with E-state index in [1.807, 2.05) is 0 Å². The maximum absolute atomic E-state index is 7.29. The topological polar surface area (TPSA) is 53.5 Å². The Morgan fingerprint density at radius 2 is 0.757 bits per heavy atom. The van der Waals surface area contributed by atoms with E-state index in [4.69, 9.17) is 35.5 Å². The first-order valence-corrected chi connectivity index (χ1v) is 17.3. The molecule has 0 radical (unpaired) electrons. The second-order valence-corrected chi connectivity index (χ2v) is 16.3. The van der Waals surface area contributed by atoms with Crippen LogP contribution in [-0.4, -0.2) is 29.3 Å². The number of nitrogens with zero attached hydrogens (tertiary/aromatic N) is 6. The van der Waals surface area contributed by atoms with Crippen molar-refractivity contribution in [2.45, 2.75) is 123 Å². The zero-order valence-corrected chi connectivity index (χ0v) is 27.2. The molecule has 0 amide bonds. The quantitative estimate of drug-likeness (QED) is 0.222. The van der Waals surface area contributed by atoms with E-state index in [2.05, 4.69) is 115 Å². The molecule has 0 aliphatic rings. The van der Waals surface area contributed by atoms with Crippen LogP contribution >= 0.6 is 20.2 Å². The van der Waals surface area contributed by atoms with Crippen molar-refractivity contribution in [1.82, 2.24) is 29.3 Å². The van der Waals surface area contributed by atoms with Gasteiger partial charge in [0.15, 0.2) is 0 Å². The molecule has 0 aliphatic heterocycles. The van der Waals surface area contributed by atoms with Crippen LogP contribution < -0.4 is 0 Å². The number of rotatable bonds is 10. The maximum atomic E-state index is 7.29. The van der Waals surface area contributed by atoms with E-state index in [1.165, 1.54) is 0 Å². The van der Waals surface area contributed by atoms with E-state index in [0.717, 1.165) is 34.2 Å². The summed E-state index contributed by atoms with van der Waals surface area (Å²) in [6.45, 7) is 26.1. The van der Waals surface area contributed by atoms with Gasteiger partial charge in [-0.15, -0.1) is 0 Å². The predicted octanol–water partition coefficient (Wildman–Crippen LogP) is 8.61. The van der Waals surface area contributed by atoms with E-state index in [9.17, 15) is 0 Å². The molecule has 0 unspecified atom stereocenters. The number of hydrogen-bond acceptors (Lipinski definition) is 3. The fraction of sp³-hybridized carbons (Fsp3) is 0.679. The molecule has 0 saturated heterocycles. The van der Waals surface area contributed by atoms with Crippen LogP contribution in [0.4, 0.5) is 0 Å². The molecule has 3 heterocycles. The van der Waals surface area contributed by atoms with E-state index in [0.29, 0.717) is 0 Å². The van der Waals surface area contributed by atoms with Gasteiger partial charge in [0, 0.05) is 0 Å². The summed E-state index contributed by atoms with van der Waals surface area (Å²) in [5.74, 6) is 1.33. The number of halogens is 2. The first-order chi connectivity index (χ1) is 17.1. The Bertz CT molecular complexity index is 1060. The zero-order chi connectivity index (χ0) is 28.0. The molecule has 0 atom stereocenters. The van der Waals surface area contributed by atoms with Crippen molar-refractivity contribution >= 4 is 20.2 Å². The average Bonchev–Trinajstić information content (AvgIpc) is 3.51. The van der Waals surface area contributed by atoms with Crippen LogP contribution in [0, 0.1) is 0 Å². The third-order valence-corrected chi connectivity index (χ3v) is 9.75. The first-order valence-electron chi connectivity index (χ1n) is 13.5. The van der Waals surface area contributed by atoms with Gasteiger partial charge in [-0.2, -0.15) is 0 Å². The van der Waals surface area contributed by atoms with Gasteiger partial charge in [0.1, 0.15) is 0 Å². The van der Waals surface area contributed by atoms with Crippen molar-refractivity contribution in [3.8, 4) is 0 Å². The average molecular weight is 592 g/mol. The molecule has 0 aliphatic carbocycles. The molecule has 6 nitrogen and oxygen atoms in total. The zero-order valence-electron chi connectivity index (χ0n) is 24.5. The van der Waals surface area contributed by atoms with Gasteiger partial charge in [-0.05, 0) is 0 Å². The Balaban J connectivity index is 2.63. The summed E-state index contributed by atoms with van der Waals surface area (Å²) in [4.78, 5) is 0. The molecule has 0 aromatic carbocycles. The van der Waals surface area contributed by atoms with Gasteiger partial charge in [0.2, 0.25) is 0 Å². The third-order valence-electron chi connectivity index (χ3n) is 6.82.